The van der Waals surface area contributed by atoms with Gasteiger partial charge in [-0.15, -0.1) is 0 Å². The second-order valence-electron chi connectivity index (χ2n) is 5.31. The lowest BCUT2D eigenvalue weighted by atomic mass is 9.83. The Hall–Kier alpha value is -0.410. The van der Waals surface area contributed by atoms with Crippen LogP contribution >= 0.6 is 15.9 Å². The van der Waals surface area contributed by atoms with E-state index in [0.29, 0.717) is 16.3 Å². The Balaban J connectivity index is 2.12. The van der Waals surface area contributed by atoms with E-state index in [9.17, 15) is 4.39 Å². The summed E-state index contributed by atoms with van der Waals surface area (Å²) in [6.07, 6.45) is 7.30. The van der Waals surface area contributed by atoms with Crippen molar-refractivity contribution in [2.75, 3.05) is 6.54 Å². The van der Waals surface area contributed by atoms with Crippen LogP contribution in [0.15, 0.2) is 22.7 Å². The minimum atomic E-state index is -0.162. The molecular formula is C15H21BrFN. The van der Waals surface area contributed by atoms with Crippen LogP contribution in [0.4, 0.5) is 4.39 Å². The van der Waals surface area contributed by atoms with Gasteiger partial charge in [0.25, 0.3) is 0 Å². The maximum atomic E-state index is 13.5. The molecule has 1 aliphatic carbocycles. The molecular weight excluding hydrogens is 293 g/mol. The Morgan fingerprint density at radius 1 is 1.17 bits per heavy atom. The van der Waals surface area contributed by atoms with E-state index in [1.807, 2.05) is 6.07 Å². The molecule has 0 aromatic heterocycles. The Bertz CT molecular complexity index is 394. The SMILES string of the molecule is NCC1CCCCCC1Cc1cccc(F)c1Br. The van der Waals surface area contributed by atoms with Gasteiger partial charge in [0.1, 0.15) is 5.82 Å². The van der Waals surface area contributed by atoms with Gasteiger partial charge in [0.05, 0.1) is 4.47 Å². The topological polar surface area (TPSA) is 26.0 Å². The maximum absolute atomic E-state index is 13.5. The van der Waals surface area contributed by atoms with Crippen molar-refractivity contribution in [2.24, 2.45) is 17.6 Å². The van der Waals surface area contributed by atoms with Crippen LogP contribution in [0, 0.1) is 17.7 Å². The van der Waals surface area contributed by atoms with Crippen LogP contribution < -0.4 is 5.73 Å². The van der Waals surface area contributed by atoms with E-state index in [2.05, 4.69) is 15.9 Å². The molecule has 1 saturated carbocycles. The average Bonchev–Trinajstić information content (AvgIpc) is 2.60. The zero-order valence-corrected chi connectivity index (χ0v) is 12.3. The summed E-state index contributed by atoms with van der Waals surface area (Å²) in [4.78, 5) is 0. The molecule has 1 nitrogen and oxygen atoms in total. The van der Waals surface area contributed by atoms with Crippen LogP contribution in [0.5, 0.6) is 0 Å². The first-order valence-corrected chi connectivity index (χ1v) is 7.64. The van der Waals surface area contributed by atoms with Crippen LogP contribution in [0.1, 0.15) is 37.7 Å². The predicted molar refractivity (Wildman–Crippen MR) is 76.9 cm³/mol. The second-order valence-corrected chi connectivity index (χ2v) is 6.10. The van der Waals surface area contributed by atoms with Crippen molar-refractivity contribution >= 4 is 15.9 Å². The molecule has 2 rings (SSSR count). The van der Waals surface area contributed by atoms with Gasteiger partial charge in [0, 0.05) is 0 Å². The van der Waals surface area contributed by atoms with Gasteiger partial charge >= 0.3 is 0 Å². The molecule has 3 heteroatoms. The van der Waals surface area contributed by atoms with E-state index in [1.165, 1.54) is 38.2 Å². The van der Waals surface area contributed by atoms with Crippen LogP contribution in [0.3, 0.4) is 0 Å². The third-order valence-electron chi connectivity index (χ3n) is 4.13. The summed E-state index contributed by atoms with van der Waals surface area (Å²) >= 11 is 3.36. The van der Waals surface area contributed by atoms with Crippen molar-refractivity contribution in [2.45, 2.75) is 38.5 Å². The van der Waals surface area contributed by atoms with Crippen molar-refractivity contribution in [3.63, 3.8) is 0 Å². The quantitative estimate of drug-likeness (QED) is 0.828. The van der Waals surface area contributed by atoms with Gasteiger partial charge < -0.3 is 5.73 Å². The summed E-state index contributed by atoms with van der Waals surface area (Å²) < 4.78 is 14.2. The summed E-state index contributed by atoms with van der Waals surface area (Å²) in [7, 11) is 0. The molecule has 2 unspecified atom stereocenters. The molecule has 1 aliphatic rings. The van der Waals surface area contributed by atoms with Crippen LogP contribution in [0.2, 0.25) is 0 Å². The van der Waals surface area contributed by atoms with Crippen molar-refractivity contribution in [1.82, 2.24) is 0 Å². The molecule has 0 spiro atoms. The molecule has 0 bridgehead atoms. The largest absolute Gasteiger partial charge is 0.330 e. The van der Waals surface area contributed by atoms with Crippen LogP contribution in [-0.4, -0.2) is 6.54 Å². The molecule has 0 heterocycles. The van der Waals surface area contributed by atoms with Gasteiger partial charge in [-0.1, -0.05) is 31.4 Å². The monoisotopic (exact) mass is 313 g/mol. The Morgan fingerprint density at radius 2 is 1.89 bits per heavy atom. The number of benzene rings is 1. The first-order chi connectivity index (χ1) is 8.72. The minimum absolute atomic E-state index is 0.162. The van der Waals surface area contributed by atoms with Gasteiger partial charge in [-0.25, -0.2) is 4.39 Å². The summed E-state index contributed by atoms with van der Waals surface area (Å²) in [6, 6.07) is 5.32. The fourth-order valence-corrected chi connectivity index (χ4v) is 3.46. The Kier molecular flexibility index (Phi) is 5.19. The maximum Gasteiger partial charge on any atom is 0.137 e. The molecule has 2 N–H and O–H groups in total. The van der Waals surface area contributed by atoms with Crippen molar-refractivity contribution < 1.29 is 4.39 Å². The molecule has 1 aromatic carbocycles. The minimum Gasteiger partial charge on any atom is -0.330 e. The van der Waals surface area contributed by atoms with E-state index >= 15 is 0 Å². The zero-order valence-electron chi connectivity index (χ0n) is 10.7. The van der Waals surface area contributed by atoms with Crippen LogP contribution in [-0.2, 0) is 6.42 Å². The first-order valence-electron chi connectivity index (χ1n) is 6.85. The molecule has 0 radical (unpaired) electrons. The third-order valence-corrected chi connectivity index (χ3v) is 5.02. The summed E-state index contributed by atoms with van der Waals surface area (Å²) in [5.41, 5.74) is 6.98. The number of rotatable bonds is 3. The summed E-state index contributed by atoms with van der Waals surface area (Å²) in [6.45, 7) is 0.762. The summed E-state index contributed by atoms with van der Waals surface area (Å²) in [5, 5.41) is 0. The number of hydrogen-bond donors (Lipinski definition) is 1. The van der Waals surface area contributed by atoms with E-state index in [4.69, 9.17) is 5.73 Å². The van der Waals surface area contributed by atoms with Crippen LogP contribution in [0.25, 0.3) is 0 Å². The third kappa shape index (κ3) is 3.33. The highest BCUT2D eigenvalue weighted by Gasteiger charge is 2.23. The molecule has 100 valence electrons. The van der Waals surface area contributed by atoms with Gasteiger partial charge in [-0.05, 0) is 65.2 Å². The summed E-state index contributed by atoms with van der Waals surface area (Å²) in [5.74, 6) is 1.05. The van der Waals surface area contributed by atoms with E-state index in [1.54, 1.807) is 6.07 Å². The van der Waals surface area contributed by atoms with Gasteiger partial charge in [-0.3, -0.25) is 0 Å². The zero-order chi connectivity index (χ0) is 13.0. The molecule has 0 aliphatic heterocycles. The smallest absolute Gasteiger partial charge is 0.137 e. The second kappa shape index (κ2) is 6.67. The number of halogens is 2. The van der Waals surface area contributed by atoms with Gasteiger partial charge in [0.15, 0.2) is 0 Å². The average molecular weight is 314 g/mol. The normalized spacial score (nSPS) is 24.8. The molecule has 0 saturated heterocycles. The van der Waals surface area contributed by atoms with Gasteiger partial charge in [-0.2, -0.15) is 0 Å². The fourth-order valence-electron chi connectivity index (χ4n) is 3.03. The van der Waals surface area contributed by atoms with Gasteiger partial charge in [0.2, 0.25) is 0 Å². The Morgan fingerprint density at radius 3 is 2.61 bits per heavy atom. The highest BCUT2D eigenvalue weighted by atomic mass is 79.9. The van der Waals surface area contributed by atoms with E-state index < -0.39 is 0 Å². The van der Waals surface area contributed by atoms with Crippen molar-refractivity contribution in [3.05, 3.63) is 34.1 Å². The molecule has 2 atom stereocenters. The Labute approximate surface area is 117 Å². The molecule has 1 fully saturated rings. The lowest BCUT2D eigenvalue weighted by molar-refractivity contribution is 0.317. The lowest BCUT2D eigenvalue weighted by Gasteiger charge is -2.24. The number of hydrogen-bond acceptors (Lipinski definition) is 1. The highest BCUT2D eigenvalue weighted by molar-refractivity contribution is 9.10. The molecule has 0 amide bonds. The molecule has 1 aromatic rings. The standard InChI is InChI=1S/C15H21BrFN/c16-15-12(7-4-8-14(15)17)9-11-5-2-1-3-6-13(11)10-18/h4,7-8,11,13H,1-3,5-6,9-10,18H2. The van der Waals surface area contributed by atoms with E-state index in [-0.39, 0.29) is 5.82 Å². The first kappa shape index (κ1) is 14.0. The predicted octanol–water partition coefficient (Wildman–Crippen LogP) is 4.29. The van der Waals surface area contributed by atoms with Crippen molar-refractivity contribution in [1.29, 1.82) is 0 Å². The van der Waals surface area contributed by atoms with Crippen molar-refractivity contribution in [3.8, 4) is 0 Å². The molecule has 18 heavy (non-hydrogen) atoms. The fraction of sp³-hybridized carbons (Fsp3) is 0.600. The highest BCUT2D eigenvalue weighted by Crippen LogP contribution is 2.33. The van der Waals surface area contributed by atoms with E-state index in [0.717, 1.165) is 18.5 Å². The number of nitrogens with two attached hydrogens (primary N) is 1. The lowest BCUT2D eigenvalue weighted by Crippen LogP contribution is -2.24.